The van der Waals surface area contributed by atoms with Crippen LogP contribution in [0, 0.1) is 0 Å². The van der Waals surface area contributed by atoms with Crippen LogP contribution in [0.3, 0.4) is 0 Å². The van der Waals surface area contributed by atoms with Gasteiger partial charge in [-0.3, -0.25) is 4.79 Å². The van der Waals surface area contributed by atoms with Crippen molar-refractivity contribution in [2.24, 2.45) is 0 Å². The van der Waals surface area contributed by atoms with Gasteiger partial charge in [0.25, 0.3) is 5.91 Å². The highest BCUT2D eigenvalue weighted by Crippen LogP contribution is 2.31. The summed E-state index contributed by atoms with van der Waals surface area (Å²) in [5.74, 6) is -1.38. The largest absolute Gasteiger partial charge is 0.452 e. The molecule has 1 fully saturated rings. The summed E-state index contributed by atoms with van der Waals surface area (Å²) in [4.78, 5) is 42.1. The van der Waals surface area contributed by atoms with Crippen LogP contribution in [0.2, 0.25) is 0 Å². The molecule has 0 atom stereocenters. The van der Waals surface area contributed by atoms with Gasteiger partial charge in [0.2, 0.25) is 0 Å². The quantitative estimate of drug-likeness (QED) is 0.565. The number of ether oxygens (including phenoxy) is 2. The van der Waals surface area contributed by atoms with Gasteiger partial charge in [0, 0.05) is 31.0 Å². The Balaban J connectivity index is 1.53. The fourth-order valence-corrected chi connectivity index (χ4v) is 3.48. The van der Waals surface area contributed by atoms with E-state index in [0.717, 1.165) is 12.1 Å². The third-order valence-electron chi connectivity index (χ3n) is 5.20. The highest BCUT2D eigenvalue weighted by molar-refractivity contribution is 5.96. The van der Waals surface area contributed by atoms with E-state index < -0.39 is 36.3 Å². The van der Waals surface area contributed by atoms with Crippen LogP contribution < -0.4 is 10.6 Å². The Kier molecular flexibility index (Phi) is 8.50. The number of amides is 2. The number of nitrogens with one attached hydrogen (secondary N) is 2. The molecule has 0 aliphatic carbocycles. The number of carbonyl (C=O) groups excluding carboxylic acids is 3. The van der Waals surface area contributed by atoms with Crippen molar-refractivity contribution in [1.82, 2.24) is 15.2 Å². The summed E-state index contributed by atoms with van der Waals surface area (Å²) in [7, 11) is 0. The average molecular weight is 494 g/mol. The van der Waals surface area contributed by atoms with E-state index >= 15 is 0 Å². The van der Waals surface area contributed by atoms with Gasteiger partial charge in [-0.2, -0.15) is 13.2 Å². The minimum absolute atomic E-state index is 0.0106. The Morgan fingerprint density at radius 1 is 1.11 bits per heavy atom. The van der Waals surface area contributed by atoms with Crippen molar-refractivity contribution in [2.45, 2.75) is 32.0 Å². The number of likely N-dealkylation sites (tertiary alicyclic amines) is 1. The fraction of sp³-hybridized carbons (Fsp3) is 0.391. The van der Waals surface area contributed by atoms with Crippen molar-refractivity contribution in [3.63, 3.8) is 0 Å². The Hall–Kier alpha value is -3.83. The summed E-state index contributed by atoms with van der Waals surface area (Å²) in [5, 5.41) is 5.45. The number of rotatable bonds is 7. The molecule has 188 valence electrons. The lowest BCUT2D eigenvalue weighted by Crippen LogP contribution is -2.47. The molecule has 35 heavy (non-hydrogen) atoms. The van der Waals surface area contributed by atoms with Crippen LogP contribution >= 0.6 is 0 Å². The highest BCUT2D eigenvalue weighted by atomic mass is 19.4. The first kappa shape index (κ1) is 25.8. The zero-order chi connectivity index (χ0) is 25.4. The Bertz CT molecular complexity index is 1060. The molecular weight excluding hydrogens is 469 g/mol. The summed E-state index contributed by atoms with van der Waals surface area (Å²) < 4.78 is 48.9. The molecule has 2 amide bonds. The molecule has 1 saturated heterocycles. The first-order chi connectivity index (χ1) is 16.7. The molecule has 3 rings (SSSR count). The number of benzene rings is 1. The van der Waals surface area contributed by atoms with Crippen molar-refractivity contribution < 1.29 is 37.0 Å². The number of esters is 1. The smallest absolute Gasteiger partial charge is 0.416 e. The zero-order valence-corrected chi connectivity index (χ0v) is 18.9. The molecule has 1 aromatic heterocycles. The second-order valence-corrected chi connectivity index (χ2v) is 7.71. The van der Waals surface area contributed by atoms with E-state index in [1.54, 1.807) is 11.8 Å². The van der Waals surface area contributed by atoms with Gasteiger partial charge < -0.3 is 25.0 Å². The zero-order valence-electron chi connectivity index (χ0n) is 18.9. The van der Waals surface area contributed by atoms with Gasteiger partial charge >= 0.3 is 18.2 Å². The van der Waals surface area contributed by atoms with Gasteiger partial charge in [0.05, 0.1) is 12.2 Å². The topological polar surface area (TPSA) is 110 Å². The van der Waals surface area contributed by atoms with E-state index in [9.17, 15) is 27.6 Å². The summed E-state index contributed by atoms with van der Waals surface area (Å²) in [5.41, 5.74) is -0.813. The normalized spacial score (nSPS) is 14.2. The molecule has 1 aromatic carbocycles. The number of pyridine rings is 1. The van der Waals surface area contributed by atoms with E-state index in [1.165, 1.54) is 30.5 Å². The van der Waals surface area contributed by atoms with Crippen LogP contribution in [-0.2, 0) is 20.4 Å². The summed E-state index contributed by atoms with van der Waals surface area (Å²) in [6.07, 6.45) is -2.48. The number of nitrogens with zero attached hydrogens (tertiary/aromatic N) is 2. The number of aromatic nitrogens is 1. The van der Waals surface area contributed by atoms with E-state index in [4.69, 9.17) is 9.47 Å². The third kappa shape index (κ3) is 7.33. The monoisotopic (exact) mass is 494 g/mol. The molecule has 9 nitrogen and oxygen atoms in total. The SMILES string of the molecule is CCOC(=O)N1CCC(NC(=O)COC(=O)c2cccnc2Nc2cccc(C(F)(F)F)c2)CC1. The van der Waals surface area contributed by atoms with Crippen LogP contribution in [-0.4, -0.2) is 60.2 Å². The standard InChI is InChI=1S/C23H25F3N4O5/c1-2-34-22(33)30-11-8-16(9-12-30)28-19(31)14-35-21(32)18-7-4-10-27-20(18)29-17-6-3-5-15(13-17)23(24,25)26/h3-7,10,13,16H,2,8-9,11-12,14H2,1H3,(H,27,29)(H,28,31). The highest BCUT2D eigenvalue weighted by Gasteiger charge is 2.30. The number of carbonyl (C=O) groups is 3. The van der Waals surface area contributed by atoms with E-state index in [-0.39, 0.29) is 29.7 Å². The van der Waals surface area contributed by atoms with Crippen molar-refractivity contribution in [3.8, 4) is 0 Å². The summed E-state index contributed by atoms with van der Waals surface area (Å²) in [6.45, 7) is 2.33. The summed E-state index contributed by atoms with van der Waals surface area (Å²) >= 11 is 0. The average Bonchev–Trinajstić information content (AvgIpc) is 2.83. The number of alkyl halides is 3. The van der Waals surface area contributed by atoms with Crippen molar-refractivity contribution in [3.05, 3.63) is 53.7 Å². The van der Waals surface area contributed by atoms with Crippen LogP contribution in [0.25, 0.3) is 0 Å². The maximum absolute atomic E-state index is 13.0. The molecule has 2 N–H and O–H groups in total. The lowest BCUT2D eigenvalue weighted by Gasteiger charge is -2.31. The molecule has 12 heteroatoms. The van der Waals surface area contributed by atoms with Gasteiger partial charge in [-0.1, -0.05) is 6.07 Å². The lowest BCUT2D eigenvalue weighted by atomic mass is 10.1. The van der Waals surface area contributed by atoms with Gasteiger partial charge in [-0.05, 0) is 50.1 Å². The van der Waals surface area contributed by atoms with Crippen LogP contribution in [0.5, 0.6) is 0 Å². The summed E-state index contributed by atoms with van der Waals surface area (Å²) in [6, 6.07) is 7.12. The number of halogens is 3. The van der Waals surface area contributed by atoms with E-state index in [0.29, 0.717) is 25.9 Å². The molecule has 1 aliphatic heterocycles. The van der Waals surface area contributed by atoms with Crippen molar-refractivity contribution in [2.75, 3.05) is 31.6 Å². The van der Waals surface area contributed by atoms with Crippen molar-refractivity contribution >= 4 is 29.5 Å². The van der Waals surface area contributed by atoms with Crippen LogP contribution in [0.4, 0.5) is 29.5 Å². The lowest BCUT2D eigenvalue weighted by molar-refractivity contribution is -0.137. The molecule has 0 unspecified atom stereocenters. The second kappa shape index (κ2) is 11.5. The molecule has 2 aromatic rings. The first-order valence-corrected chi connectivity index (χ1v) is 10.9. The first-order valence-electron chi connectivity index (χ1n) is 10.9. The van der Waals surface area contributed by atoms with Gasteiger partial charge in [-0.25, -0.2) is 14.6 Å². The molecule has 0 bridgehead atoms. The fourth-order valence-electron chi connectivity index (χ4n) is 3.48. The van der Waals surface area contributed by atoms with Gasteiger partial charge in [-0.15, -0.1) is 0 Å². The predicted octanol–water partition coefficient (Wildman–Crippen LogP) is 3.74. The van der Waals surface area contributed by atoms with Crippen LogP contribution in [0.1, 0.15) is 35.7 Å². The third-order valence-corrected chi connectivity index (χ3v) is 5.20. The van der Waals surface area contributed by atoms with E-state index in [2.05, 4.69) is 15.6 Å². The number of hydrogen-bond donors (Lipinski definition) is 2. The molecule has 1 aliphatic rings. The predicted molar refractivity (Wildman–Crippen MR) is 119 cm³/mol. The molecular formula is C23H25F3N4O5. The van der Waals surface area contributed by atoms with Crippen molar-refractivity contribution in [1.29, 1.82) is 0 Å². The Morgan fingerprint density at radius 3 is 2.54 bits per heavy atom. The molecule has 0 saturated carbocycles. The molecule has 0 spiro atoms. The Labute approximate surface area is 199 Å². The number of piperidine rings is 1. The number of anilines is 2. The van der Waals surface area contributed by atoms with Gasteiger partial charge in [0.15, 0.2) is 6.61 Å². The maximum Gasteiger partial charge on any atom is 0.416 e. The molecule has 0 radical (unpaired) electrons. The Morgan fingerprint density at radius 2 is 1.86 bits per heavy atom. The minimum Gasteiger partial charge on any atom is -0.452 e. The number of hydrogen-bond acceptors (Lipinski definition) is 7. The minimum atomic E-state index is -4.52. The maximum atomic E-state index is 13.0. The second-order valence-electron chi connectivity index (χ2n) is 7.71. The van der Waals surface area contributed by atoms with E-state index in [1.807, 2.05) is 0 Å². The van der Waals surface area contributed by atoms with Crippen LogP contribution in [0.15, 0.2) is 42.6 Å². The van der Waals surface area contributed by atoms with Gasteiger partial charge in [0.1, 0.15) is 11.4 Å². The molecule has 2 heterocycles.